The Morgan fingerprint density at radius 2 is 2.29 bits per heavy atom. The van der Waals surface area contributed by atoms with Crippen LogP contribution >= 0.6 is 0 Å². The maximum Gasteiger partial charge on any atom is 0.337 e. The maximum absolute atomic E-state index is 10.8. The van der Waals surface area contributed by atoms with Crippen LogP contribution in [0.25, 0.3) is 0 Å². The lowest BCUT2D eigenvalue weighted by Gasteiger charge is -2.27. The summed E-state index contributed by atoms with van der Waals surface area (Å²) >= 11 is 0. The summed E-state index contributed by atoms with van der Waals surface area (Å²) in [5, 5.41) is 17.8. The Hall–Kier alpha value is -2.26. The lowest BCUT2D eigenvalue weighted by Crippen LogP contribution is -2.38. The minimum Gasteiger partial charge on any atom is -0.484 e. The number of carboxylic acids is 1. The zero-order valence-electron chi connectivity index (χ0n) is 8.84. The molecule has 88 valence electrons. The van der Waals surface area contributed by atoms with E-state index in [2.05, 4.69) is 0 Å². The number of hydrogen-bond donors (Lipinski definition) is 2. The lowest BCUT2D eigenvalue weighted by atomic mass is 10.1. The van der Waals surface area contributed by atoms with Gasteiger partial charge in [0.05, 0.1) is 24.3 Å². The van der Waals surface area contributed by atoms with Crippen molar-refractivity contribution in [1.82, 2.24) is 0 Å². The van der Waals surface area contributed by atoms with Crippen LogP contribution in [0.3, 0.4) is 0 Å². The Bertz CT molecular complexity index is 503. The first kappa shape index (κ1) is 11.2. The van der Waals surface area contributed by atoms with Crippen LogP contribution in [0.1, 0.15) is 15.9 Å². The summed E-state index contributed by atoms with van der Waals surface area (Å²) in [6, 6.07) is 4.46. The number of nitrogen functional groups attached to an aromatic ring is 1. The Balaban J connectivity index is 2.35. The average molecular weight is 234 g/mol. The molecule has 1 aliphatic heterocycles. The number of nitriles is 1. The van der Waals surface area contributed by atoms with Crippen LogP contribution in [0.2, 0.25) is 0 Å². The van der Waals surface area contributed by atoms with Gasteiger partial charge in [-0.15, -0.1) is 0 Å². The number of nitrogens with two attached hydrogens (primary N) is 1. The van der Waals surface area contributed by atoms with Gasteiger partial charge in [-0.25, -0.2) is 4.79 Å². The normalized spacial score (nSPS) is 14.8. The highest BCUT2D eigenvalue weighted by Gasteiger charge is 2.22. The molecule has 0 aliphatic carbocycles. The molecule has 0 radical (unpaired) electrons. The van der Waals surface area contributed by atoms with Gasteiger partial charge in [0, 0.05) is 11.8 Å². The van der Waals surface area contributed by atoms with Crippen molar-refractivity contribution < 1.29 is 19.4 Å². The Morgan fingerprint density at radius 3 is 2.76 bits per heavy atom. The van der Waals surface area contributed by atoms with E-state index in [-0.39, 0.29) is 22.9 Å². The monoisotopic (exact) mass is 234 g/mol. The second kappa shape index (κ2) is 4.31. The van der Waals surface area contributed by atoms with Crippen molar-refractivity contribution in [2.24, 2.45) is 0 Å². The zero-order valence-corrected chi connectivity index (χ0v) is 8.84. The van der Waals surface area contributed by atoms with Gasteiger partial charge in [0.25, 0.3) is 0 Å². The van der Waals surface area contributed by atoms with E-state index in [0.717, 1.165) is 0 Å². The molecule has 1 fully saturated rings. The van der Waals surface area contributed by atoms with Crippen molar-refractivity contribution in [2.75, 3.05) is 18.9 Å². The largest absolute Gasteiger partial charge is 0.484 e. The fraction of sp³-hybridized carbons (Fsp3) is 0.273. The summed E-state index contributed by atoms with van der Waals surface area (Å²) in [5.41, 5.74) is 5.71. The van der Waals surface area contributed by atoms with Gasteiger partial charge in [0.1, 0.15) is 17.9 Å². The van der Waals surface area contributed by atoms with Gasteiger partial charge in [-0.2, -0.15) is 5.26 Å². The first-order valence-electron chi connectivity index (χ1n) is 4.93. The van der Waals surface area contributed by atoms with E-state index in [9.17, 15) is 4.79 Å². The van der Waals surface area contributed by atoms with E-state index in [0.29, 0.717) is 19.0 Å². The summed E-state index contributed by atoms with van der Waals surface area (Å²) in [4.78, 5) is 10.8. The Labute approximate surface area is 97.2 Å². The van der Waals surface area contributed by atoms with Crippen molar-refractivity contribution in [2.45, 2.75) is 6.10 Å². The topological polar surface area (TPSA) is 106 Å². The first-order valence-corrected chi connectivity index (χ1v) is 4.93. The molecule has 2 rings (SSSR count). The van der Waals surface area contributed by atoms with Crippen LogP contribution in [0.5, 0.6) is 5.75 Å². The second-order valence-electron chi connectivity index (χ2n) is 3.63. The van der Waals surface area contributed by atoms with Crippen LogP contribution in [0.4, 0.5) is 5.69 Å². The van der Waals surface area contributed by atoms with E-state index in [4.69, 9.17) is 25.6 Å². The number of carbonyl (C=O) groups is 1. The van der Waals surface area contributed by atoms with Gasteiger partial charge in [-0.3, -0.25) is 0 Å². The van der Waals surface area contributed by atoms with E-state index in [1.165, 1.54) is 12.1 Å². The standard InChI is InChI=1S/C11H10N2O4/c12-3-6-1-8(11(14)15)9(13)2-10(6)17-7-4-16-5-7/h1-2,7H,4-5,13H2,(H,14,15). The summed E-state index contributed by atoms with van der Waals surface area (Å²) in [7, 11) is 0. The third kappa shape index (κ3) is 2.14. The molecule has 0 atom stereocenters. The van der Waals surface area contributed by atoms with Gasteiger partial charge in [-0.1, -0.05) is 0 Å². The molecule has 1 aromatic carbocycles. The van der Waals surface area contributed by atoms with E-state index >= 15 is 0 Å². The molecule has 1 saturated heterocycles. The summed E-state index contributed by atoms with van der Waals surface area (Å²) < 4.78 is 10.4. The lowest BCUT2D eigenvalue weighted by molar-refractivity contribution is -0.0797. The van der Waals surface area contributed by atoms with E-state index in [1.54, 1.807) is 0 Å². The van der Waals surface area contributed by atoms with Gasteiger partial charge < -0.3 is 20.3 Å². The predicted molar refractivity (Wildman–Crippen MR) is 57.8 cm³/mol. The molecule has 17 heavy (non-hydrogen) atoms. The summed E-state index contributed by atoms with van der Waals surface area (Å²) in [5.74, 6) is -0.874. The van der Waals surface area contributed by atoms with Crippen LogP contribution in [0.15, 0.2) is 12.1 Å². The number of nitrogens with zero attached hydrogens (tertiary/aromatic N) is 1. The molecule has 0 aromatic heterocycles. The molecule has 0 spiro atoms. The van der Waals surface area contributed by atoms with E-state index in [1.807, 2.05) is 6.07 Å². The van der Waals surface area contributed by atoms with Crippen molar-refractivity contribution in [3.05, 3.63) is 23.3 Å². The van der Waals surface area contributed by atoms with Gasteiger partial charge in [0.15, 0.2) is 0 Å². The average Bonchev–Trinajstić information content (AvgIpc) is 2.23. The maximum atomic E-state index is 10.8. The molecule has 0 unspecified atom stereocenters. The number of anilines is 1. The minimum atomic E-state index is -1.17. The third-order valence-electron chi connectivity index (χ3n) is 2.40. The van der Waals surface area contributed by atoms with Crippen molar-refractivity contribution in [3.8, 4) is 11.8 Å². The highest BCUT2D eigenvalue weighted by molar-refractivity contribution is 5.94. The summed E-state index contributed by atoms with van der Waals surface area (Å²) in [6.45, 7) is 0.927. The number of aromatic carboxylic acids is 1. The first-order chi connectivity index (χ1) is 8.11. The molecular weight excluding hydrogens is 224 g/mol. The van der Waals surface area contributed by atoms with Crippen LogP contribution in [-0.2, 0) is 4.74 Å². The molecule has 1 aliphatic rings. The van der Waals surface area contributed by atoms with Crippen LogP contribution in [0, 0.1) is 11.3 Å². The van der Waals surface area contributed by atoms with Gasteiger partial charge >= 0.3 is 5.97 Å². The van der Waals surface area contributed by atoms with Crippen molar-refractivity contribution in [3.63, 3.8) is 0 Å². The number of benzene rings is 1. The number of ether oxygens (including phenoxy) is 2. The van der Waals surface area contributed by atoms with Crippen molar-refractivity contribution in [1.29, 1.82) is 5.26 Å². The number of rotatable bonds is 3. The quantitative estimate of drug-likeness (QED) is 0.742. The fourth-order valence-electron chi connectivity index (χ4n) is 1.43. The molecule has 0 saturated carbocycles. The number of hydrogen-bond acceptors (Lipinski definition) is 5. The predicted octanol–water partition coefficient (Wildman–Crippen LogP) is 0.616. The number of carboxylic acid groups (broad SMARTS) is 1. The smallest absolute Gasteiger partial charge is 0.337 e. The fourth-order valence-corrected chi connectivity index (χ4v) is 1.43. The molecule has 0 amide bonds. The van der Waals surface area contributed by atoms with Crippen molar-refractivity contribution >= 4 is 11.7 Å². The Morgan fingerprint density at radius 1 is 1.59 bits per heavy atom. The highest BCUT2D eigenvalue weighted by Crippen LogP contribution is 2.27. The van der Waals surface area contributed by atoms with E-state index < -0.39 is 5.97 Å². The van der Waals surface area contributed by atoms with Gasteiger partial charge in [0.2, 0.25) is 0 Å². The minimum absolute atomic E-state index is 0.0757. The van der Waals surface area contributed by atoms with Crippen LogP contribution in [-0.4, -0.2) is 30.4 Å². The molecule has 1 heterocycles. The zero-order chi connectivity index (χ0) is 12.4. The van der Waals surface area contributed by atoms with Crippen LogP contribution < -0.4 is 10.5 Å². The Kier molecular flexibility index (Phi) is 2.85. The molecule has 1 aromatic rings. The second-order valence-corrected chi connectivity index (χ2v) is 3.63. The molecule has 3 N–H and O–H groups in total. The summed E-state index contributed by atoms with van der Waals surface area (Å²) in [6.07, 6.45) is -0.0998. The SMILES string of the molecule is N#Cc1cc(C(=O)O)c(N)cc1OC1COC1. The third-order valence-corrected chi connectivity index (χ3v) is 2.40. The molecular formula is C11H10N2O4. The molecule has 6 nitrogen and oxygen atoms in total. The highest BCUT2D eigenvalue weighted by atomic mass is 16.6. The molecule has 0 bridgehead atoms. The van der Waals surface area contributed by atoms with Gasteiger partial charge in [-0.05, 0) is 6.07 Å². The molecule has 6 heteroatoms.